The summed E-state index contributed by atoms with van der Waals surface area (Å²) in [5, 5.41) is 0. The molecule has 2 heterocycles. The van der Waals surface area contributed by atoms with Crippen LogP contribution in [0.25, 0.3) is 0 Å². The van der Waals surface area contributed by atoms with E-state index in [0.717, 1.165) is 23.6 Å². The van der Waals surface area contributed by atoms with Crippen LogP contribution in [0.5, 0.6) is 5.75 Å². The number of hydrogen-bond acceptors (Lipinski definition) is 5. The minimum atomic E-state index is -0.210. The van der Waals surface area contributed by atoms with Crippen LogP contribution >= 0.6 is 0 Å². The van der Waals surface area contributed by atoms with Crippen LogP contribution in [0.15, 0.2) is 30.9 Å². The minimum Gasteiger partial charge on any atom is -0.492 e. The fourth-order valence-corrected chi connectivity index (χ4v) is 1.87. The van der Waals surface area contributed by atoms with Crippen LogP contribution in [-0.2, 0) is 7.05 Å². The normalized spacial score (nSPS) is 12.4. The highest BCUT2D eigenvalue weighted by atomic mass is 16.5. The largest absolute Gasteiger partial charge is 0.492 e. The first-order valence-electron chi connectivity index (χ1n) is 6.27. The molecule has 6 nitrogen and oxygen atoms in total. The Kier molecular flexibility index (Phi) is 4.48. The summed E-state index contributed by atoms with van der Waals surface area (Å²) in [5.41, 5.74) is 3.69. The van der Waals surface area contributed by atoms with Crippen molar-refractivity contribution in [1.82, 2.24) is 20.0 Å². The molecule has 0 saturated heterocycles. The van der Waals surface area contributed by atoms with E-state index >= 15 is 0 Å². The van der Waals surface area contributed by atoms with Gasteiger partial charge < -0.3 is 9.30 Å². The van der Waals surface area contributed by atoms with Gasteiger partial charge in [-0.2, -0.15) is 0 Å². The molecule has 3 N–H and O–H groups in total. The molecule has 6 heteroatoms. The number of nitrogens with one attached hydrogen (secondary N) is 1. The van der Waals surface area contributed by atoms with Gasteiger partial charge in [-0.15, -0.1) is 0 Å². The Morgan fingerprint density at radius 2 is 2.32 bits per heavy atom. The molecule has 0 aliphatic heterocycles. The molecule has 0 radical (unpaired) electrons. The van der Waals surface area contributed by atoms with Crippen LogP contribution in [0.3, 0.4) is 0 Å². The van der Waals surface area contributed by atoms with E-state index in [1.165, 1.54) is 0 Å². The van der Waals surface area contributed by atoms with Gasteiger partial charge in [0.1, 0.15) is 17.6 Å². The van der Waals surface area contributed by atoms with E-state index in [2.05, 4.69) is 22.3 Å². The molecule has 0 spiro atoms. The van der Waals surface area contributed by atoms with Crippen molar-refractivity contribution < 1.29 is 4.74 Å². The molecule has 2 aromatic heterocycles. The van der Waals surface area contributed by atoms with Gasteiger partial charge in [0.25, 0.3) is 0 Å². The fourth-order valence-electron chi connectivity index (χ4n) is 1.87. The van der Waals surface area contributed by atoms with Gasteiger partial charge in [0, 0.05) is 25.6 Å². The van der Waals surface area contributed by atoms with E-state index in [9.17, 15) is 0 Å². The van der Waals surface area contributed by atoms with Crippen molar-refractivity contribution >= 4 is 0 Å². The molecule has 2 aromatic rings. The quantitative estimate of drug-likeness (QED) is 0.602. The lowest BCUT2D eigenvalue weighted by molar-refractivity contribution is 0.315. The maximum absolute atomic E-state index is 5.64. The molecule has 2 rings (SSSR count). The topological polar surface area (TPSA) is 78.0 Å². The van der Waals surface area contributed by atoms with Gasteiger partial charge >= 0.3 is 0 Å². The molecule has 0 aromatic carbocycles. The summed E-state index contributed by atoms with van der Waals surface area (Å²) in [7, 11) is 1.93. The Hall–Kier alpha value is -1.92. The van der Waals surface area contributed by atoms with Crippen molar-refractivity contribution in [3.8, 4) is 5.75 Å². The number of ether oxygens (including phenoxy) is 1. The molecular formula is C13H19N5O. The van der Waals surface area contributed by atoms with Crippen LogP contribution in [-0.4, -0.2) is 21.1 Å². The predicted octanol–water partition coefficient (Wildman–Crippen LogP) is 1.16. The molecule has 0 amide bonds. The minimum absolute atomic E-state index is 0.210. The molecule has 1 atom stereocenters. The zero-order valence-corrected chi connectivity index (χ0v) is 11.2. The van der Waals surface area contributed by atoms with Gasteiger partial charge in [0.15, 0.2) is 0 Å². The van der Waals surface area contributed by atoms with Crippen molar-refractivity contribution in [3.05, 3.63) is 42.2 Å². The summed E-state index contributed by atoms with van der Waals surface area (Å²) in [6.07, 6.45) is 8.04. The maximum atomic E-state index is 5.64. The Balaban J connectivity index is 2.26. The number of aryl methyl sites for hydroxylation is 1. The predicted molar refractivity (Wildman–Crippen MR) is 72.4 cm³/mol. The summed E-state index contributed by atoms with van der Waals surface area (Å²) in [4.78, 5) is 8.50. The summed E-state index contributed by atoms with van der Waals surface area (Å²) >= 11 is 0. The van der Waals surface area contributed by atoms with Gasteiger partial charge in [0.05, 0.1) is 12.8 Å². The molecule has 0 saturated carbocycles. The number of imidazole rings is 1. The van der Waals surface area contributed by atoms with Crippen LogP contribution < -0.4 is 16.0 Å². The molecule has 0 fully saturated rings. The molecule has 19 heavy (non-hydrogen) atoms. The van der Waals surface area contributed by atoms with Gasteiger partial charge in [-0.25, -0.2) is 10.4 Å². The van der Waals surface area contributed by atoms with Crippen LogP contribution in [0.2, 0.25) is 0 Å². The van der Waals surface area contributed by atoms with E-state index < -0.39 is 0 Å². The van der Waals surface area contributed by atoms with Crippen LogP contribution in [0.4, 0.5) is 0 Å². The summed E-state index contributed by atoms with van der Waals surface area (Å²) in [6, 6.07) is 1.72. The molecule has 0 aliphatic rings. The first-order valence-corrected chi connectivity index (χ1v) is 6.27. The standard InChI is InChI=1S/C13H19N5O/c1-3-6-19-11-7-10(8-15-9-11)12(17-14)13-16-4-5-18(13)2/h4-5,7-9,12,17H,3,6,14H2,1-2H3. The number of nitrogens with two attached hydrogens (primary N) is 1. The molecule has 1 unspecified atom stereocenters. The summed E-state index contributed by atoms with van der Waals surface area (Å²) in [5.74, 6) is 7.22. The van der Waals surface area contributed by atoms with Gasteiger partial charge in [-0.05, 0) is 18.1 Å². The average Bonchev–Trinajstić information content (AvgIpc) is 2.84. The Morgan fingerprint density at radius 1 is 1.47 bits per heavy atom. The van der Waals surface area contributed by atoms with Crippen molar-refractivity contribution in [2.75, 3.05) is 6.61 Å². The number of aromatic nitrogens is 3. The van der Waals surface area contributed by atoms with E-state index in [0.29, 0.717) is 6.61 Å². The Morgan fingerprint density at radius 3 is 2.95 bits per heavy atom. The monoisotopic (exact) mass is 261 g/mol. The average molecular weight is 261 g/mol. The van der Waals surface area contributed by atoms with Crippen LogP contribution in [0, 0.1) is 0 Å². The third kappa shape index (κ3) is 3.10. The number of hydrogen-bond donors (Lipinski definition) is 2. The van der Waals surface area contributed by atoms with E-state index in [1.807, 2.05) is 23.9 Å². The number of pyridine rings is 1. The lowest BCUT2D eigenvalue weighted by Gasteiger charge is -2.16. The maximum Gasteiger partial charge on any atom is 0.137 e. The second-order valence-corrected chi connectivity index (χ2v) is 4.30. The molecule has 0 bridgehead atoms. The number of nitrogens with zero attached hydrogens (tertiary/aromatic N) is 3. The summed E-state index contributed by atoms with van der Waals surface area (Å²) in [6.45, 7) is 2.74. The number of hydrazine groups is 1. The number of rotatable bonds is 6. The van der Waals surface area contributed by atoms with Crippen molar-refractivity contribution in [3.63, 3.8) is 0 Å². The highest BCUT2D eigenvalue weighted by Crippen LogP contribution is 2.22. The zero-order chi connectivity index (χ0) is 13.7. The summed E-state index contributed by atoms with van der Waals surface area (Å²) < 4.78 is 7.50. The molecule has 0 aliphatic carbocycles. The van der Waals surface area contributed by atoms with Crippen LogP contribution in [0.1, 0.15) is 30.8 Å². The Bertz CT molecular complexity index is 525. The fraction of sp³-hybridized carbons (Fsp3) is 0.385. The van der Waals surface area contributed by atoms with Gasteiger partial charge in [0.2, 0.25) is 0 Å². The second-order valence-electron chi connectivity index (χ2n) is 4.30. The van der Waals surface area contributed by atoms with E-state index in [-0.39, 0.29) is 6.04 Å². The second kappa shape index (κ2) is 6.31. The third-order valence-electron chi connectivity index (χ3n) is 2.82. The van der Waals surface area contributed by atoms with Crippen molar-refractivity contribution in [2.45, 2.75) is 19.4 Å². The van der Waals surface area contributed by atoms with Crippen molar-refractivity contribution in [1.29, 1.82) is 0 Å². The van der Waals surface area contributed by atoms with E-state index in [4.69, 9.17) is 10.6 Å². The molecular weight excluding hydrogens is 242 g/mol. The molecule has 102 valence electrons. The SMILES string of the molecule is CCCOc1cncc(C(NN)c2nccn2C)c1. The van der Waals surface area contributed by atoms with Crippen molar-refractivity contribution in [2.24, 2.45) is 12.9 Å². The lowest BCUT2D eigenvalue weighted by atomic mass is 10.1. The lowest BCUT2D eigenvalue weighted by Crippen LogP contribution is -2.30. The first-order chi connectivity index (χ1) is 9.26. The smallest absolute Gasteiger partial charge is 0.137 e. The Labute approximate surface area is 112 Å². The highest BCUT2D eigenvalue weighted by molar-refractivity contribution is 5.29. The first kappa shape index (κ1) is 13.5. The highest BCUT2D eigenvalue weighted by Gasteiger charge is 2.17. The van der Waals surface area contributed by atoms with Gasteiger partial charge in [-0.3, -0.25) is 10.8 Å². The van der Waals surface area contributed by atoms with Gasteiger partial charge in [-0.1, -0.05) is 6.92 Å². The van der Waals surface area contributed by atoms with E-state index in [1.54, 1.807) is 18.6 Å². The zero-order valence-electron chi connectivity index (χ0n) is 11.2. The third-order valence-corrected chi connectivity index (χ3v) is 2.82.